The van der Waals surface area contributed by atoms with Gasteiger partial charge in [-0.3, -0.25) is 9.80 Å². The molecule has 6 heteroatoms. The number of carbonyl (C=O) groups excluding carboxylic acids is 1. The van der Waals surface area contributed by atoms with Crippen LogP contribution in [0.2, 0.25) is 0 Å². The number of aliphatic hydroxyl groups is 1. The Morgan fingerprint density at radius 1 is 1.11 bits per heavy atom. The van der Waals surface area contributed by atoms with Crippen LogP contribution in [0.4, 0.5) is 4.79 Å². The zero-order chi connectivity index (χ0) is 20.4. The van der Waals surface area contributed by atoms with Crippen molar-refractivity contribution in [3.8, 4) is 0 Å². The smallest absolute Gasteiger partial charge is 0.414 e. The summed E-state index contributed by atoms with van der Waals surface area (Å²) in [5.41, 5.74) is 1.89. The van der Waals surface area contributed by atoms with Gasteiger partial charge in [-0.15, -0.1) is 0 Å². The van der Waals surface area contributed by atoms with Gasteiger partial charge in [-0.05, 0) is 38.0 Å². The fraction of sp³-hybridized carbons (Fsp3) is 0.500. The normalized spacial score (nSPS) is 17.1. The maximum Gasteiger partial charge on any atom is 0.414 e. The number of nitrogens with one attached hydrogen (secondary N) is 1. The topological polar surface area (TPSA) is 65.0 Å². The average Bonchev–Trinajstić information content (AvgIpc) is 2.69. The van der Waals surface area contributed by atoms with E-state index in [1.807, 2.05) is 51.1 Å². The third-order valence-electron chi connectivity index (χ3n) is 4.26. The Morgan fingerprint density at radius 3 is 2.29 bits per heavy atom. The van der Waals surface area contributed by atoms with Crippen LogP contribution >= 0.6 is 0 Å². The first-order chi connectivity index (χ1) is 13.4. The summed E-state index contributed by atoms with van der Waals surface area (Å²) in [4.78, 5) is 15.4. The van der Waals surface area contributed by atoms with Crippen LogP contribution < -0.4 is 5.32 Å². The molecular formula is C22H33N3O3. The van der Waals surface area contributed by atoms with Crippen LogP contribution in [0.5, 0.6) is 0 Å². The van der Waals surface area contributed by atoms with Gasteiger partial charge in [0.15, 0.2) is 0 Å². The molecule has 2 heterocycles. The van der Waals surface area contributed by atoms with Crippen molar-refractivity contribution in [2.75, 3.05) is 32.7 Å². The summed E-state index contributed by atoms with van der Waals surface area (Å²) in [6.07, 6.45) is 7.04. The molecular weight excluding hydrogens is 354 g/mol. The monoisotopic (exact) mass is 387 g/mol. The third kappa shape index (κ3) is 8.25. The molecule has 1 amide bonds. The molecule has 0 atom stereocenters. The van der Waals surface area contributed by atoms with Gasteiger partial charge in [0.2, 0.25) is 0 Å². The second-order valence-electron chi connectivity index (χ2n) is 7.90. The van der Waals surface area contributed by atoms with E-state index in [1.54, 1.807) is 6.20 Å². The molecule has 2 N–H and O–H groups in total. The molecule has 2 aliphatic heterocycles. The van der Waals surface area contributed by atoms with Gasteiger partial charge in [-0.1, -0.05) is 36.4 Å². The third-order valence-corrected chi connectivity index (χ3v) is 4.26. The van der Waals surface area contributed by atoms with E-state index < -0.39 is 5.60 Å². The van der Waals surface area contributed by atoms with Crippen molar-refractivity contribution < 1.29 is 14.6 Å². The Morgan fingerprint density at radius 2 is 1.75 bits per heavy atom. The van der Waals surface area contributed by atoms with Crippen LogP contribution in [0.25, 0.3) is 0 Å². The van der Waals surface area contributed by atoms with Gasteiger partial charge in [-0.25, -0.2) is 4.79 Å². The molecule has 1 saturated heterocycles. The molecule has 0 saturated carbocycles. The summed E-state index contributed by atoms with van der Waals surface area (Å²) in [7, 11) is 0. The van der Waals surface area contributed by atoms with E-state index in [2.05, 4.69) is 22.3 Å². The average molecular weight is 388 g/mol. The number of benzene rings is 1. The molecule has 2 aliphatic rings. The molecule has 0 spiro atoms. The number of nitrogens with zero attached hydrogens (tertiary/aromatic N) is 2. The fourth-order valence-corrected chi connectivity index (χ4v) is 2.80. The van der Waals surface area contributed by atoms with Crippen LogP contribution in [0.3, 0.4) is 0 Å². The van der Waals surface area contributed by atoms with Crippen molar-refractivity contribution in [3.63, 3.8) is 0 Å². The quantitative estimate of drug-likeness (QED) is 0.835. The first-order valence-corrected chi connectivity index (χ1v) is 9.82. The van der Waals surface area contributed by atoms with Gasteiger partial charge in [0.1, 0.15) is 5.60 Å². The van der Waals surface area contributed by atoms with E-state index in [0.717, 1.165) is 38.3 Å². The van der Waals surface area contributed by atoms with Crippen molar-refractivity contribution in [2.45, 2.75) is 39.5 Å². The minimum atomic E-state index is -0.425. The SMILES string of the molecule is CC(C)(C)OC(=O)N1C=CC=CC1.OCc1ccc(CN2CCNCC2)cc1. The molecule has 0 aromatic heterocycles. The van der Waals surface area contributed by atoms with E-state index >= 15 is 0 Å². The number of carbonyl (C=O) groups is 1. The van der Waals surface area contributed by atoms with E-state index in [0.29, 0.717) is 6.54 Å². The molecule has 154 valence electrons. The summed E-state index contributed by atoms with van der Waals surface area (Å²) in [5.74, 6) is 0. The van der Waals surface area contributed by atoms with E-state index in [9.17, 15) is 4.79 Å². The maximum atomic E-state index is 11.4. The number of rotatable bonds is 3. The lowest BCUT2D eigenvalue weighted by molar-refractivity contribution is 0.0350. The van der Waals surface area contributed by atoms with Crippen LogP contribution in [-0.2, 0) is 17.9 Å². The lowest BCUT2D eigenvalue weighted by Crippen LogP contribution is -2.42. The minimum absolute atomic E-state index is 0.133. The Bertz CT molecular complexity index is 657. The van der Waals surface area contributed by atoms with E-state index in [-0.39, 0.29) is 12.7 Å². The van der Waals surface area contributed by atoms with Crippen molar-refractivity contribution in [1.82, 2.24) is 15.1 Å². The predicted molar refractivity (Wildman–Crippen MR) is 112 cm³/mol. The predicted octanol–water partition coefficient (Wildman–Crippen LogP) is 2.89. The van der Waals surface area contributed by atoms with Crippen molar-refractivity contribution >= 4 is 6.09 Å². The maximum absolute atomic E-state index is 11.4. The summed E-state index contributed by atoms with van der Waals surface area (Å²) < 4.78 is 5.18. The molecule has 1 aromatic carbocycles. The summed E-state index contributed by atoms with van der Waals surface area (Å²) >= 11 is 0. The van der Waals surface area contributed by atoms with Gasteiger partial charge in [0, 0.05) is 45.5 Å². The summed E-state index contributed by atoms with van der Waals surface area (Å²) in [6.45, 7) is 11.7. The van der Waals surface area contributed by atoms with Gasteiger partial charge < -0.3 is 15.2 Å². The van der Waals surface area contributed by atoms with Crippen LogP contribution in [-0.4, -0.2) is 59.3 Å². The molecule has 1 fully saturated rings. The number of ether oxygens (including phenoxy) is 1. The lowest BCUT2D eigenvalue weighted by Gasteiger charge is -2.27. The highest BCUT2D eigenvalue weighted by Gasteiger charge is 2.20. The van der Waals surface area contributed by atoms with Crippen LogP contribution in [0.1, 0.15) is 31.9 Å². The Labute approximate surface area is 168 Å². The molecule has 28 heavy (non-hydrogen) atoms. The Balaban J connectivity index is 0.000000203. The van der Waals surface area contributed by atoms with E-state index in [1.165, 1.54) is 10.5 Å². The van der Waals surface area contributed by atoms with Crippen molar-refractivity contribution in [1.29, 1.82) is 0 Å². The minimum Gasteiger partial charge on any atom is -0.443 e. The van der Waals surface area contributed by atoms with Gasteiger partial charge in [-0.2, -0.15) is 0 Å². The highest BCUT2D eigenvalue weighted by molar-refractivity contribution is 5.70. The molecule has 0 radical (unpaired) electrons. The van der Waals surface area contributed by atoms with Crippen LogP contribution in [0.15, 0.2) is 48.7 Å². The fourth-order valence-electron chi connectivity index (χ4n) is 2.80. The van der Waals surface area contributed by atoms with Crippen LogP contribution in [0, 0.1) is 0 Å². The number of amides is 1. The van der Waals surface area contributed by atoms with Gasteiger partial charge >= 0.3 is 6.09 Å². The molecule has 0 bridgehead atoms. The highest BCUT2D eigenvalue weighted by Crippen LogP contribution is 2.11. The largest absolute Gasteiger partial charge is 0.443 e. The number of aliphatic hydroxyl groups excluding tert-OH is 1. The zero-order valence-electron chi connectivity index (χ0n) is 17.2. The van der Waals surface area contributed by atoms with Crippen molar-refractivity contribution in [2.24, 2.45) is 0 Å². The number of hydrogen-bond donors (Lipinski definition) is 2. The Kier molecular flexibility index (Phi) is 8.70. The summed E-state index contributed by atoms with van der Waals surface area (Å²) in [5, 5.41) is 12.3. The molecule has 1 aromatic rings. The summed E-state index contributed by atoms with van der Waals surface area (Å²) in [6, 6.07) is 8.20. The van der Waals surface area contributed by atoms with Crippen molar-refractivity contribution in [3.05, 3.63) is 59.8 Å². The second kappa shape index (κ2) is 11.0. The standard InChI is InChI=1S/C12H18N2O.C10H15NO2/c15-10-12-3-1-11(2-4-12)9-14-7-5-13-6-8-14;1-10(2,3)13-9(12)11-7-5-4-6-8-11/h1-4,13,15H,5-10H2;4-7H,8H2,1-3H3. The highest BCUT2D eigenvalue weighted by atomic mass is 16.6. The number of piperazine rings is 1. The Hall–Kier alpha value is -2.15. The zero-order valence-corrected chi connectivity index (χ0v) is 17.2. The first kappa shape index (κ1) is 22.1. The molecule has 6 nitrogen and oxygen atoms in total. The number of allylic oxidation sites excluding steroid dienone is 2. The van der Waals surface area contributed by atoms with Gasteiger partial charge in [0.05, 0.1) is 6.61 Å². The van der Waals surface area contributed by atoms with Gasteiger partial charge in [0.25, 0.3) is 0 Å². The first-order valence-electron chi connectivity index (χ1n) is 9.82. The second-order valence-corrected chi connectivity index (χ2v) is 7.90. The molecule has 3 rings (SSSR count). The molecule has 0 unspecified atom stereocenters. The number of hydrogen-bond acceptors (Lipinski definition) is 5. The van der Waals surface area contributed by atoms with E-state index in [4.69, 9.17) is 9.84 Å². The lowest BCUT2D eigenvalue weighted by atomic mass is 10.1. The molecule has 0 aliphatic carbocycles.